The lowest BCUT2D eigenvalue weighted by Crippen LogP contribution is -2.51. The fraction of sp³-hybridized carbons (Fsp3) is 0.259. The molecule has 0 aliphatic rings. The van der Waals surface area contributed by atoms with Crippen LogP contribution in [0.25, 0.3) is 0 Å². The van der Waals surface area contributed by atoms with Crippen molar-refractivity contribution in [2.24, 2.45) is 0 Å². The molecule has 5 nitrogen and oxygen atoms in total. The van der Waals surface area contributed by atoms with Crippen LogP contribution < -0.4 is 10.1 Å². The molecule has 1 N–H and O–H groups in total. The van der Waals surface area contributed by atoms with E-state index in [1.54, 1.807) is 30.1 Å². The van der Waals surface area contributed by atoms with Crippen molar-refractivity contribution in [2.75, 3.05) is 13.7 Å². The average molecular weight is 465 g/mol. The van der Waals surface area contributed by atoms with Gasteiger partial charge in [-0.3, -0.25) is 9.59 Å². The van der Waals surface area contributed by atoms with E-state index in [-0.39, 0.29) is 18.4 Å². The lowest BCUT2D eigenvalue weighted by Gasteiger charge is -2.31. The van der Waals surface area contributed by atoms with Crippen molar-refractivity contribution in [2.45, 2.75) is 32.9 Å². The van der Waals surface area contributed by atoms with E-state index in [0.717, 1.165) is 22.3 Å². The van der Waals surface area contributed by atoms with Gasteiger partial charge in [0.2, 0.25) is 5.91 Å². The van der Waals surface area contributed by atoms with Crippen LogP contribution in [0.15, 0.2) is 72.8 Å². The van der Waals surface area contributed by atoms with Crippen LogP contribution in [-0.4, -0.2) is 36.4 Å². The molecular weight excluding hydrogens is 436 g/mol. The summed E-state index contributed by atoms with van der Waals surface area (Å²) in [5.41, 5.74) is 3.88. The zero-order valence-corrected chi connectivity index (χ0v) is 19.9. The maximum atomic E-state index is 13.4. The molecule has 33 heavy (non-hydrogen) atoms. The Morgan fingerprint density at radius 1 is 0.970 bits per heavy atom. The minimum Gasteiger partial charge on any atom is -0.484 e. The highest BCUT2D eigenvalue weighted by Gasteiger charge is 2.30. The number of halogens is 1. The van der Waals surface area contributed by atoms with Crippen LogP contribution in [0.1, 0.15) is 22.3 Å². The number of nitrogens with one attached hydrogen (secondary N) is 1. The monoisotopic (exact) mass is 464 g/mol. The maximum Gasteiger partial charge on any atom is 0.261 e. The molecule has 0 saturated carbocycles. The van der Waals surface area contributed by atoms with Gasteiger partial charge in [-0.1, -0.05) is 66.2 Å². The first-order valence-electron chi connectivity index (χ1n) is 10.9. The predicted molar refractivity (Wildman–Crippen MR) is 131 cm³/mol. The SMILES string of the molecule is CNC(=O)[C@@H](Cc1ccccc1)N(Cc1ccccc1C)C(=O)COc1ccc(Cl)c(C)c1. The highest BCUT2D eigenvalue weighted by atomic mass is 35.5. The first kappa shape index (κ1) is 24.3. The van der Waals surface area contributed by atoms with Crippen molar-refractivity contribution >= 4 is 23.4 Å². The summed E-state index contributed by atoms with van der Waals surface area (Å²) in [7, 11) is 1.59. The number of rotatable bonds is 9. The lowest BCUT2D eigenvalue weighted by molar-refractivity contribution is -0.142. The largest absolute Gasteiger partial charge is 0.484 e. The second kappa shape index (κ2) is 11.5. The molecule has 2 amide bonds. The minimum atomic E-state index is -0.680. The summed E-state index contributed by atoms with van der Waals surface area (Å²) in [6.45, 7) is 3.99. The summed E-state index contributed by atoms with van der Waals surface area (Å²) in [6.07, 6.45) is 0.401. The van der Waals surface area contributed by atoms with E-state index in [0.29, 0.717) is 23.7 Å². The summed E-state index contributed by atoms with van der Waals surface area (Å²) >= 11 is 6.09. The predicted octanol–water partition coefficient (Wildman–Crippen LogP) is 4.72. The van der Waals surface area contributed by atoms with Crippen molar-refractivity contribution < 1.29 is 14.3 Å². The van der Waals surface area contributed by atoms with Gasteiger partial charge in [-0.25, -0.2) is 0 Å². The number of hydrogen-bond donors (Lipinski definition) is 1. The molecule has 0 radical (unpaired) electrons. The molecule has 6 heteroatoms. The number of aryl methyl sites for hydroxylation is 2. The first-order valence-corrected chi connectivity index (χ1v) is 11.2. The molecule has 0 bridgehead atoms. The lowest BCUT2D eigenvalue weighted by atomic mass is 10.0. The molecule has 0 aromatic heterocycles. The Balaban J connectivity index is 1.88. The molecule has 3 aromatic rings. The third-order valence-corrected chi connectivity index (χ3v) is 6.04. The van der Waals surface area contributed by atoms with Gasteiger partial charge in [0, 0.05) is 25.0 Å². The molecule has 0 fully saturated rings. The maximum absolute atomic E-state index is 13.4. The molecule has 0 aliphatic heterocycles. The van der Waals surface area contributed by atoms with Crippen molar-refractivity contribution in [3.8, 4) is 5.75 Å². The van der Waals surface area contributed by atoms with Gasteiger partial charge in [-0.2, -0.15) is 0 Å². The van der Waals surface area contributed by atoms with Crippen molar-refractivity contribution in [1.82, 2.24) is 10.2 Å². The van der Waals surface area contributed by atoms with Gasteiger partial charge in [0.15, 0.2) is 6.61 Å². The summed E-state index contributed by atoms with van der Waals surface area (Å²) in [5.74, 6) is 0.0687. The second-order valence-corrected chi connectivity index (χ2v) is 8.37. The van der Waals surface area contributed by atoms with E-state index in [1.165, 1.54) is 0 Å². The number of ether oxygens (including phenoxy) is 1. The van der Waals surface area contributed by atoms with Crippen LogP contribution in [0.2, 0.25) is 5.02 Å². The van der Waals surface area contributed by atoms with Gasteiger partial charge in [0.25, 0.3) is 5.91 Å². The third kappa shape index (κ3) is 6.59. The van der Waals surface area contributed by atoms with E-state index >= 15 is 0 Å². The van der Waals surface area contributed by atoms with Crippen LogP contribution in [0.5, 0.6) is 5.75 Å². The number of amides is 2. The zero-order chi connectivity index (χ0) is 23.8. The molecule has 172 valence electrons. The van der Waals surface area contributed by atoms with Crippen molar-refractivity contribution in [3.05, 3.63) is 100 Å². The standard InChI is InChI=1S/C27H29ClN2O3/c1-19-9-7-8-12-22(19)17-30(25(27(32)29-3)16-21-10-5-4-6-11-21)26(31)18-33-23-13-14-24(28)20(2)15-23/h4-15,25H,16-18H2,1-3H3,(H,29,32)/t25-/m1/s1. The number of likely N-dealkylation sites (N-methyl/N-ethyl adjacent to an activating group) is 1. The molecule has 0 heterocycles. The average Bonchev–Trinajstić information content (AvgIpc) is 2.83. The van der Waals surface area contributed by atoms with Crippen LogP contribution in [0.3, 0.4) is 0 Å². The van der Waals surface area contributed by atoms with Gasteiger partial charge < -0.3 is 15.0 Å². The smallest absolute Gasteiger partial charge is 0.261 e. The number of carbonyl (C=O) groups excluding carboxylic acids is 2. The van der Waals surface area contributed by atoms with E-state index in [4.69, 9.17) is 16.3 Å². The molecule has 3 rings (SSSR count). The molecular formula is C27H29ClN2O3. The van der Waals surface area contributed by atoms with Gasteiger partial charge >= 0.3 is 0 Å². The van der Waals surface area contributed by atoms with E-state index in [9.17, 15) is 9.59 Å². The van der Waals surface area contributed by atoms with E-state index in [1.807, 2.05) is 68.4 Å². The van der Waals surface area contributed by atoms with Gasteiger partial charge in [-0.05, 0) is 54.3 Å². The molecule has 0 aliphatic carbocycles. The van der Waals surface area contributed by atoms with E-state index in [2.05, 4.69) is 5.32 Å². The molecule has 1 atom stereocenters. The number of carbonyl (C=O) groups is 2. The van der Waals surface area contributed by atoms with Gasteiger partial charge in [-0.15, -0.1) is 0 Å². The number of nitrogens with zero attached hydrogens (tertiary/aromatic N) is 1. The fourth-order valence-corrected chi connectivity index (χ4v) is 3.74. The Morgan fingerprint density at radius 3 is 2.33 bits per heavy atom. The number of hydrogen-bond acceptors (Lipinski definition) is 3. The first-order chi connectivity index (χ1) is 15.9. The number of benzene rings is 3. The second-order valence-electron chi connectivity index (χ2n) is 7.97. The normalized spacial score (nSPS) is 11.5. The molecule has 0 spiro atoms. The van der Waals surface area contributed by atoms with Crippen molar-refractivity contribution in [1.29, 1.82) is 0 Å². The van der Waals surface area contributed by atoms with Crippen LogP contribution >= 0.6 is 11.6 Å². The summed E-state index contributed by atoms with van der Waals surface area (Å²) in [5, 5.41) is 3.36. The van der Waals surface area contributed by atoms with Crippen LogP contribution in [0.4, 0.5) is 0 Å². The molecule has 0 saturated heterocycles. The Morgan fingerprint density at radius 2 is 1.67 bits per heavy atom. The highest BCUT2D eigenvalue weighted by molar-refractivity contribution is 6.31. The molecule has 0 unspecified atom stereocenters. The van der Waals surface area contributed by atoms with Crippen molar-refractivity contribution in [3.63, 3.8) is 0 Å². The Labute approximate surface area is 200 Å². The summed E-state index contributed by atoms with van der Waals surface area (Å²) in [4.78, 5) is 28.0. The van der Waals surface area contributed by atoms with Crippen LogP contribution in [-0.2, 0) is 22.6 Å². The quantitative estimate of drug-likeness (QED) is 0.498. The van der Waals surface area contributed by atoms with Gasteiger partial charge in [0.05, 0.1) is 0 Å². The van der Waals surface area contributed by atoms with Gasteiger partial charge in [0.1, 0.15) is 11.8 Å². The highest BCUT2D eigenvalue weighted by Crippen LogP contribution is 2.22. The Hall–Kier alpha value is -3.31. The van der Waals surface area contributed by atoms with Crippen LogP contribution in [0, 0.1) is 13.8 Å². The zero-order valence-electron chi connectivity index (χ0n) is 19.2. The Kier molecular flexibility index (Phi) is 8.50. The van der Waals surface area contributed by atoms with E-state index < -0.39 is 6.04 Å². The topological polar surface area (TPSA) is 58.6 Å². The minimum absolute atomic E-state index is 0.185. The third-order valence-electron chi connectivity index (χ3n) is 5.61. The Bertz CT molecular complexity index is 1100. The summed E-state index contributed by atoms with van der Waals surface area (Å²) < 4.78 is 5.78. The fourth-order valence-electron chi connectivity index (χ4n) is 3.63. The summed E-state index contributed by atoms with van der Waals surface area (Å²) in [6, 6.07) is 22.1. The molecule has 3 aromatic carbocycles.